The average molecular weight is 176 g/mol. The number of nitrogen functional groups attached to an aromatic ring is 1. The maximum atomic E-state index is 9.44. The third kappa shape index (κ3) is 1.03. The van der Waals surface area contributed by atoms with E-state index in [2.05, 4.69) is 4.98 Å². The number of aromatic hydroxyl groups is 2. The number of hydrogen-bond donors (Lipinski definition) is 3. The Hall–Kier alpha value is -1.97. The van der Waals surface area contributed by atoms with Crippen LogP contribution in [0.3, 0.4) is 0 Å². The van der Waals surface area contributed by atoms with Crippen molar-refractivity contribution in [2.24, 2.45) is 0 Å². The molecule has 0 saturated heterocycles. The number of pyridine rings is 1. The van der Waals surface area contributed by atoms with Gasteiger partial charge in [-0.15, -0.1) is 0 Å². The van der Waals surface area contributed by atoms with E-state index >= 15 is 0 Å². The lowest BCUT2D eigenvalue weighted by molar-refractivity contribution is 0.408. The first-order valence-electron chi connectivity index (χ1n) is 3.75. The summed E-state index contributed by atoms with van der Waals surface area (Å²) >= 11 is 0. The van der Waals surface area contributed by atoms with E-state index in [0.717, 1.165) is 0 Å². The van der Waals surface area contributed by atoms with Gasteiger partial charge in [0, 0.05) is 17.6 Å². The molecule has 0 spiro atoms. The molecule has 0 unspecified atom stereocenters. The Morgan fingerprint density at radius 2 is 2.08 bits per heavy atom. The lowest BCUT2D eigenvalue weighted by atomic mass is 10.1. The van der Waals surface area contributed by atoms with Crippen molar-refractivity contribution in [3.63, 3.8) is 0 Å². The first-order valence-corrected chi connectivity index (χ1v) is 3.75. The van der Waals surface area contributed by atoms with Crippen LogP contribution >= 0.6 is 0 Å². The summed E-state index contributed by atoms with van der Waals surface area (Å²) in [5, 5.41) is 19.1. The summed E-state index contributed by atoms with van der Waals surface area (Å²) in [5.41, 5.74) is 6.44. The number of fused-ring (bicyclic) bond motifs is 1. The van der Waals surface area contributed by atoms with Gasteiger partial charge in [0.1, 0.15) is 0 Å². The Kier molecular flexibility index (Phi) is 1.48. The van der Waals surface area contributed by atoms with Crippen molar-refractivity contribution in [1.82, 2.24) is 4.98 Å². The second-order valence-electron chi connectivity index (χ2n) is 2.73. The van der Waals surface area contributed by atoms with Crippen LogP contribution in [0.25, 0.3) is 10.9 Å². The van der Waals surface area contributed by atoms with Crippen LogP contribution in [0.5, 0.6) is 11.5 Å². The van der Waals surface area contributed by atoms with Crippen LogP contribution in [0.4, 0.5) is 5.69 Å². The average Bonchev–Trinajstić information content (AvgIpc) is 2.15. The number of anilines is 1. The summed E-state index contributed by atoms with van der Waals surface area (Å²) in [5.74, 6) is -0.407. The maximum Gasteiger partial charge on any atom is 0.167 e. The first kappa shape index (κ1) is 7.67. The van der Waals surface area contributed by atoms with E-state index in [1.165, 1.54) is 6.07 Å². The van der Waals surface area contributed by atoms with Gasteiger partial charge in [0.2, 0.25) is 0 Å². The van der Waals surface area contributed by atoms with Crippen LogP contribution in [-0.4, -0.2) is 15.2 Å². The zero-order chi connectivity index (χ0) is 9.42. The third-order valence-electron chi connectivity index (χ3n) is 1.87. The molecule has 4 N–H and O–H groups in total. The molecule has 0 radical (unpaired) electrons. The van der Waals surface area contributed by atoms with Gasteiger partial charge in [-0.25, -0.2) is 0 Å². The molecule has 0 atom stereocenters. The van der Waals surface area contributed by atoms with Crippen LogP contribution in [-0.2, 0) is 0 Å². The topological polar surface area (TPSA) is 79.4 Å². The van der Waals surface area contributed by atoms with Gasteiger partial charge in [-0.1, -0.05) is 0 Å². The van der Waals surface area contributed by atoms with Crippen LogP contribution in [0.2, 0.25) is 0 Å². The highest BCUT2D eigenvalue weighted by Crippen LogP contribution is 2.35. The Labute approximate surface area is 74.3 Å². The fraction of sp³-hybridized carbons (Fsp3) is 0. The molecule has 0 amide bonds. The molecule has 0 saturated carbocycles. The molecule has 0 aliphatic heterocycles. The molecule has 1 heterocycles. The SMILES string of the molecule is Nc1cc(O)c(O)c2cccnc12. The van der Waals surface area contributed by atoms with E-state index in [1.54, 1.807) is 18.3 Å². The molecule has 0 fully saturated rings. The fourth-order valence-corrected chi connectivity index (χ4v) is 1.25. The maximum absolute atomic E-state index is 9.44. The normalized spacial score (nSPS) is 10.5. The molecule has 13 heavy (non-hydrogen) atoms. The molecule has 4 nitrogen and oxygen atoms in total. The molecular weight excluding hydrogens is 168 g/mol. The summed E-state index contributed by atoms with van der Waals surface area (Å²) in [6.45, 7) is 0. The highest BCUT2D eigenvalue weighted by Gasteiger charge is 2.08. The Morgan fingerprint density at radius 3 is 2.85 bits per heavy atom. The molecule has 2 aromatic rings. The van der Waals surface area contributed by atoms with Crippen LogP contribution in [0.1, 0.15) is 0 Å². The van der Waals surface area contributed by atoms with Gasteiger partial charge in [0.05, 0.1) is 11.2 Å². The van der Waals surface area contributed by atoms with Crippen molar-refractivity contribution >= 4 is 16.6 Å². The zero-order valence-corrected chi connectivity index (χ0v) is 6.73. The molecule has 1 aromatic carbocycles. The van der Waals surface area contributed by atoms with Crippen molar-refractivity contribution in [3.8, 4) is 11.5 Å². The standard InChI is InChI=1S/C9H8N2O2/c10-6-4-7(12)9(13)5-2-1-3-11-8(5)6/h1-4,12-13H,10H2. The Bertz CT molecular complexity index is 468. The van der Waals surface area contributed by atoms with Gasteiger partial charge < -0.3 is 15.9 Å². The van der Waals surface area contributed by atoms with Gasteiger partial charge >= 0.3 is 0 Å². The van der Waals surface area contributed by atoms with Crippen LogP contribution in [0, 0.1) is 0 Å². The second kappa shape index (κ2) is 2.52. The highest BCUT2D eigenvalue weighted by molar-refractivity contribution is 5.95. The van der Waals surface area contributed by atoms with E-state index in [4.69, 9.17) is 5.73 Å². The number of aromatic nitrogens is 1. The largest absolute Gasteiger partial charge is 0.504 e. The molecule has 66 valence electrons. The van der Waals surface area contributed by atoms with Crippen molar-refractivity contribution < 1.29 is 10.2 Å². The molecule has 0 bridgehead atoms. The second-order valence-corrected chi connectivity index (χ2v) is 2.73. The van der Waals surface area contributed by atoms with Crippen LogP contribution < -0.4 is 5.73 Å². The van der Waals surface area contributed by atoms with E-state index in [1.807, 2.05) is 0 Å². The smallest absolute Gasteiger partial charge is 0.167 e. The van der Waals surface area contributed by atoms with Gasteiger partial charge in [-0.05, 0) is 12.1 Å². The number of hydrogen-bond acceptors (Lipinski definition) is 4. The zero-order valence-electron chi connectivity index (χ0n) is 6.73. The summed E-state index contributed by atoms with van der Waals surface area (Å²) in [6.07, 6.45) is 1.58. The van der Waals surface area contributed by atoms with Crippen molar-refractivity contribution in [2.75, 3.05) is 5.73 Å². The fourth-order valence-electron chi connectivity index (χ4n) is 1.25. The molecule has 4 heteroatoms. The molecule has 0 aliphatic rings. The number of rotatable bonds is 0. The van der Waals surface area contributed by atoms with Gasteiger partial charge in [-0.3, -0.25) is 4.98 Å². The molecule has 2 rings (SSSR count). The van der Waals surface area contributed by atoms with Crippen molar-refractivity contribution in [3.05, 3.63) is 24.4 Å². The first-order chi connectivity index (χ1) is 6.20. The van der Waals surface area contributed by atoms with Crippen molar-refractivity contribution in [1.29, 1.82) is 0 Å². The molecule has 1 aromatic heterocycles. The summed E-state index contributed by atoms with van der Waals surface area (Å²) in [6, 6.07) is 4.60. The molecule has 0 aliphatic carbocycles. The Balaban J connectivity index is 2.97. The lowest BCUT2D eigenvalue weighted by Crippen LogP contribution is -1.89. The highest BCUT2D eigenvalue weighted by atomic mass is 16.3. The summed E-state index contributed by atoms with van der Waals surface area (Å²) in [7, 11) is 0. The number of nitrogens with zero attached hydrogens (tertiary/aromatic N) is 1. The lowest BCUT2D eigenvalue weighted by Gasteiger charge is -2.04. The monoisotopic (exact) mass is 176 g/mol. The molecular formula is C9H8N2O2. The number of phenols is 2. The quantitative estimate of drug-likeness (QED) is 0.320. The van der Waals surface area contributed by atoms with Gasteiger partial charge in [-0.2, -0.15) is 0 Å². The predicted octanol–water partition coefficient (Wildman–Crippen LogP) is 1.23. The van der Waals surface area contributed by atoms with Gasteiger partial charge in [0.25, 0.3) is 0 Å². The minimum absolute atomic E-state index is 0.183. The summed E-state index contributed by atoms with van der Waals surface area (Å²) < 4.78 is 0. The minimum Gasteiger partial charge on any atom is -0.504 e. The number of phenolic OH excluding ortho intramolecular Hbond substituents is 2. The van der Waals surface area contributed by atoms with Gasteiger partial charge in [0.15, 0.2) is 11.5 Å². The van der Waals surface area contributed by atoms with E-state index in [0.29, 0.717) is 16.6 Å². The van der Waals surface area contributed by atoms with Crippen LogP contribution in [0.15, 0.2) is 24.4 Å². The minimum atomic E-state index is -0.224. The number of nitrogens with two attached hydrogens (primary N) is 1. The predicted molar refractivity (Wildman–Crippen MR) is 49.5 cm³/mol. The van der Waals surface area contributed by atoms with E-state index in [9.17, 15) is 10.2 Å². The van der Waals surface area contributed by atoms with E-state index in [-0.39, 0.29) is 11.5 Å². The Morgan fingerprint density at radius 1 is 1.31 bits per heavy atom. The van der Waals surface area contributed by atoms with E-state index < -0.39 is 0 Å². The van der Waals surface area contributed by atoms with Crippen molar-refractivity contribution in [2.45, 2.75) is 0 Å². The summed E-state index contributed by atoms with van der Waals surface area (Å²) in [4.78, 5) is 3.99. The third-order valence-corrected chi connectivity index (χ3v) is 1.87. The number of benzene rings is 1.